The van der Waals surface area contributed by atoms with Crippen molar-refractivity contribution in [3.05, 3.63) is 18.0 Å². The summed E-state index contributed by atoms with van der Waals surface area (Å²) in [5, 5.41) is 8.96. The summed E-state index contributed by atoms with van der Waals surface area (Å²) in [6.07, 6.45) is 6.07. The lowest BCUT2D eigenvalue weighted by Crippen LogP contribution is -2.38. The minimum absolute atomic E-state index is 0.0491. The molecule has 0 radical (unpaired) electrons. The monoisotopic (exact) mass is 263 g/mol. The number of aromatic carboxylic acids is 1. The van der Waals surface area contributed by atoms with Crippen molar-refractivity contribution in [3.63, 3.8) is 0 Å². The molecule has 1 aliphatic carbocycles. The number of carboxylic acids is 1. The van der Waals surface area contributed by atoms with Crippen molar-refractivity contribution in [2.24, 2.45) is 5.41 Å². The van der Waals surface area contributed by atoms with Crippen LogP contribution in [0.25, 0.3) is 0 Å². The van der Waals surface area contributed by atoms with Crippen LogP contribution in [0, 0.1) is 5.41 Å². The third-order valence-electron chi connectivity index (χ3n) is 4.03. The summed E-state index contributed by atoms with van der Waals surface area (Å²) in [5.74, 6) is -0.508. The number of hydrogen-bond donors (Lipinski definition) is 1. The zero-order chi connectivity index (χ0) is 14.0. The van der Waals surface area contributed by atoms with E-state index in [1.165, 1.54) is 25.1 Å². The molecule has 0 spiro atoms. The van der Waals surface area contributed by atoms with Gasteiger partial charge in [-0.05, 0) is 37.2 Å². The minimum Gasteiger partial charge on any atom is -0.477 e. The first kappa shape index (κ1) is 13.8. The van der Waals surface area contributed by atoms with Crippen LogP contribution in [0.5, 0.6) is 0 Å². The smallest absolute Gasteiger partial charge is 0.354 e. The fourth-order valence-corrected chi connectivity index (χ4v) is 2.57. The number of aromatic nitrogens is 2. The molecule has 19 heavy (non-hydrogen) atoms. The van der Waals surface area contributed by atoms with Crippen molar-refractivity contribution in [2.45, 2.75) is 45.6 Å². The van der Waals surface area contributed by atoms with E-state index in [0.29, 0.717) is 17.4 Å². The second kappa shape index (κ2) is 5.15. The van der Waals surface area contributed by atoms with Crippen molar-refractivity contribution in [3.8, 4) is 0 Å². The standard InChI is InChI=1S/C14H21N3O2/c1-14(2)7-4-10(5-8-14)17(3)13-15-9-6-11(16-13)12(18)19/h6,9-10H,4-5,7-8H2,1-3H3,(H,18,19). The van der Waals surface area contributed by atoms with Gasteiger partial charge in [-0.15, -0.1) is 0 Å². The molecule has 1 aliphatic rings. The predicted molar refractivity (Wildman–Crippen MR) is 73.4 cm³/mol. The van der Waals surface area contributed by atoms with Crippen LogP contribution in [0.15, 0.2) is 12.3 Å². The molecule has 1 fully saturated rings. The van der Waals surface area contributed by atoms with E-state index < -0.39 is 5.97 Å². The third-order valence-corrected chi connectivity index (χ3v) is 4.03. The Morgan fingerprint density at radius 3 is 2.63 bits per heavy atom. The maximum Gasteiger partial charge on any atom is 0.354 e. The molecular formula is C14H21N3O2. The molecule has 1 aromatic heterocycles. The molecule has 0 aromatic carbocycles. The van der Waals surface area contributed by atoms with Crippen LogP contribution >= 0.6 is 0 Å². The molecule has 1 heterocycles. The second-order valence-corrected chi connectivity index (χ2v) is 6.05. The Morgan fingerprint density at radius 1 is 1.42 bits per heavy atom. The van der Waals surface area contributed by atoms with Gasteiger partial charge in [-0.2, -0.15) is 0 Å². The molecule has 0 bridgehead atoms. The molecular weight excluding hydrogens is 242 g/mol. The Hall–Kier alpha value is -1.65. The van der Waals surface area contributed by atoms with E-state index >= 15 is 0 Å². The Balaban J connectivity index is 2.10. The van der Waals surface area contributed by atoms with Crippen molar-refractivity contribution >= 4 is 11.9 Å². The van der Waals surface area contributed by atoms with Crippen LogP contribution in [0.2, 0.25) is 0 Å². The van der Waals surface area contributed by atoms with Crippen LogP contribution in [0.4, 0.5) is 5.95 Å². The molecule has 5 nitrogen and oxygen atoms in total. The van der Waals surface area contributed by atoms with Gasteiger partial charge < -0.3 is 10.0 Å². The van der Waals surface area contributed by atoms with Crippen molar-refractivity contribution in [1.82, 2.24) is 9.97 Å². The van der Waals surface area contributed by atoms with E-state index in [0.717, 1.165) is 12.8 Å². The zero-order valence-electron chi connectivity index (χ0n) is 11.8. The Labute approximate surface area is 113 Å². The van der Waals surface area contributed by atoms with Gasteiger partial charge >= 0.3 is 5.97 Å². The molecule has 2 rings (SSSR count). The first-order valence-electron chi connectivity index (χ1n) is 6.68. The highest BCUT2D eigenvalue weighted by atomic mass is 16.4. The number of hydrogen-bond acceptors (Lipinski definition) is 4. The lowest BCUT2D eigenvalue weighted by Gasteiger charge is -2.38. The molecule has 0 saturated heterocycles. The Morgan fingerprint density at radius 2 is 2.05 bits per heavy atom. The fourth-order valence-electron chi connectivity index (χ4n) is 2.57. The maximum atomic E-state index is 10.9. The van der Waals surface area contributed by atoms with Gasteiger partial charge in [-0.1, -0.05) is 13.8 Å². The minimum atomic E-state index is -1.01. The number of anilines is 1. The highest BCUT2D eigenvalue weighted by Gasteiger charge is 2.29. The quantitative estimate of drug-likeness (QED) is 0.908. The normalized spacial score (nSPS) is 19.1. The fraction of sp³-hybridized carbons (Fsp3) is 0.643. The summed E-state index contributed by atoms with van der Waals surface area (Å²) in [6, 6.07) is 1.82. The lowest BCUT2D eigenvalue weighted by atomic mass is 9.75. The van der Waals surface area contributed by atoms with Gasteiger partial charge in [0, 0.05) is 19.3 Å². The van der Waals surface area contributed by atoms with Gasteiger partial charge in [-0.25, -0.2) is 14.8 Å². The van der Waals surface area contributed by atoms with Crippen LogP contribution in [-0.2, 0) is 0 Å². The van der Waals surface area contributed by atoms with E-state index in [9.17, 15) is 4.79 Å². The van der Waals surface area contributed by atoms with Gasteiger partial charge in [0.05, 0.1) is 0 Å². The molecule has 0 atom stereocenters. The molecule has 0 unspecified atom stereocenters. The van der Waals surface area contributed by atoms with Crippen LogP contribution < -0.4 is 4.90 Å². The zero-order valence-corrected chi connectivity index (χ0v) is 11.8. The van der Waals surface area contributed by atoms with Gasteiger partial charge in [0.2, 0.25) is 5.95 Å². The maximum absolute atomic E-state index is 10.9. The summed E-state index contributed by atoms with van der Waals surface area (Å²) in [5.41, 5.74) is 0.467. The summed E-state index contributed by atoms with van der Waals surface area (Å²) in [7, 11) is 1.95. The van der Waals surface area contributed by atoms with Crippen LogP contribution in [0.1, 0.15) is 50.0 Å². The second-order valence-electron chi connectivity index (χ2n) is 6.05. The number of nitrogens with zero attached hydrogens (tertiary/aromatic N) is 3. The summed E-state index contributed by atoms with van der Waals surface area (Å²) < 4.78 is 0. The summed E-state index contributed by atoms with van der Waals surface area (Å²) in [6.45, 7) is 4.59. The first-order valence-corrected chi connectivity index (χ1v) is 6.68. The number of carbonyl (C=O) groups is 1. The highest BCUT2D eigenvalue weighted by Crippen LogP contribution is 2.37. The Kier molecular flexibility index (Phi) is 3.73. The topological polar surface area (TPSA) is 66.3 Å². The van der Waals surface area contributed by atoms with Crippen molar-refractivity contribution < 1.29 is 9.90 Å². The van der Waals surface area contributed by atoms with Gasteiger partial charge in [0.15, 0.2) is 5.69 Å². The van der Waals surface area contributed by atoms with Gasteiger partial charge in [0.25, 0.3) is 0 Å². The van der Waals surface area contributed by atoms with E-state index in [2.05, 4.69) is 23.8 Å². The average molecular weight is 263 g/mol. The van der Waals surface area contributed by atoms with Crippen LogP contribution in [0.3, 0.4) is 0 Å². The Bertz CT molecular complexity index is 464. The van der Waals surface area contributed by atoms with E-state index in [1.807, 2.05) is 11.9 Å². The lowest BCUT2D eigenvalue weighted by molar-refractivity contribution is 0.0690. The largest absolute Gasteiger partial charge is 0.477 e. The summed E-state index contributed by atoms with van der Waals surface area (Å²) >= 11 is 0. The molecule has 1 saturated carbocycles. The third kappa shape index (κ3) is 3.22. The molecule has 1 aromatic rings. The molecule has 5 heteroatoms. The molecule has 0 aliphatic heterocycles. The summed E-state index contributed by atoms with van der Waals surface area (Å²) in [4.78, 5) is 21.2. The number of carboxylic acid groups (broad SMARTS) is 1. The van der Waals surface area contributed by atoms with Crippen molar-refractivity contribution in [1.29, 1.82) is 0 Å². The van der Waals surface area contributed by atoms with Gasteiger partial charge in [0.1, 0.15) is 0 Å². The highest BCUT2D eigenvalue weighted by molar-refractivity contribution is 5.85. The molecule has 1 N–H and O–H groups in total. The molecule has 0 amide bonds. The van der Waals surface area contributed by atoms with Crippen molar-refractivity contribution in [2.75, 3.05) is 11.9 Å². The SMILES string of the molecule is CN(c1nccc(C(=O)O)n1)C1CCC(C)(C)CC1. The molecule has 104 valence electrons. The van der Waals surface area contributed by atoms with E-state index in [4.69, 9.17) is 5.11 Å². The average Bonchev–Trinajstić information content (AvgIpc) is 2.38. The van der Waals surface area contributed by atoms with E-state index in [1.54, 1.807) is 0 Å². The predicted octanol–water partition coefficient (Wildman–Crippen LogP) is 2.58. The number of rotatable bonds is 3. The first-order chi connectivity index (χ1) is 8.89. The van der Waals surface area contributed by atoms with Crippen LogP contribution in [-0.4, -0.2) is 34.1 Å². The van der Waals surface area contributed by atoms with E-state index in [-0.39, 0.29) is 5.69 Å². The van der Waals surface area contributed by atoms with Gasteiger partial charge in [-0.3, -0.25) is 0 Å².